The molecular formula is C13H14N4O2S. The van der Waals surface area contributed by atoms with Crippen LogP contribution in [0.5, 0.6) is 0 Å². The molecule has 0 radical (unpaired) electrons. The second-order valence-electron chi connectivity index (χ2n) is 4.28. The molecule has 0 aliphatic heterocycles. The minimum atomic E-state index is -3.20. The van der Waals surface area contributed by atoms with Crippen molar-refractivity contribution in [3.8, 4) is 6.07 Å². The largest absolute Gasteiger partial charge is 0.368 e. The normalized spacial score (nSPS) is 11.2. The lowest BCUT2D eigenvalue weighted by Crippen LogP contribution is -2.27. The van der Waals surface area contributed by atoms with E-state index in [0.29, 0.717) is 17.9 Å². The molecule has 0 spiro atoms. The van der Waals surface area contributed by atoms with Gasteiger partial charge in [0, 0.05) is 18.5 Å². The van der Waals surface area contributed by atoms with Gasteiger partial charge in [-0.25, -0.2) is 18.1 Å². The number of hydrogen-bond acceptors (Lipinski definition) is 5. The summed E-state index contributed by atoms with van der Waals surface area (Å²) < 4.78 is 24.2. The molecule has 7 heteroatoms. The first-order valence-corrected chi connectivity index (χ1v) is 7.87. The number of anilines is 1. The Labute approximate surface area is 117 Å². The van der Waals surface area contributed by atoms with E-state index in [1.54, 1.807) is 6.07 Å². The molecular weight excluding hydrogens is 276 g/mol. The summed E-state index contributed by atoms with van der Waals surface area (Å²) in [6.07, 6.45) is 1.10. The van der Waals surface area contributed by atoms with Gasteiger partial charge in [0.1, 0.15) is 11.9 Å². The number of nitrogens with zero attached hydrogens (tertiary/aromatic N) is 2. The third-order valence-corrected chi connectivity index (χ3v) is 3.35. The van der Waals surface area contributed by atoms with Crippen molar-refractivity contribution in [2.75, 3.05) is 24.7 Å². The first-order valence-electron chi connectivity index (χ1n) is 5.98. The number of sulfonamides is 1. The van der Waals surface area contributed by atoms with E-state index >= 15 is 0 Å². The van der Waals surface area contributed by atoms with Crippen molar-refractivity contribution in [2.24, 2.45) is 0 Å². The molecule has 2 rings (SSSR count). The molecule has 0 unspecified atom stereocenters. The Kier molecular flexibility index (Phi) is 4.17. The predicted octanol–water partition coefficient (Wildman–Crippen LogP) is 1.07. The van der Waals surface area contributed by atoms with E-state index in [1.165, 1.54) is 0 Å². The van der Waals surface area contributed by atoms with Gasteiger partial charge in [-0.05, 0) is 12.1 Å². The number of benzene rings is 1. The zero-order valence-corrected chi connectivity index (χ0v) is 11.7. The lowest BCUT2D eigenvalue weighted by Gasteiger charge is -2.09. The molecule has 0 saturated heterocycles. The number of hydrogen-bond donors (Lipinski definition) is 2. The van der Waals surface area contributed by atoms with Crippen molar-refractivity contribution < 1.29 is 8.42 Å². The maximum absolute atomic E-state index is 10.9. The van der Waals surface area contributed by atoms with Crippen LogP contribution < -0.4 is 10.0 Å². The molecule has 0 amide bonds. The fourth-order valence-electron chi connectivity index (χ4n) is 1.75. The predicted molar refractivity (Wildman–Crippen MR) is 77.8 cm³/mol. The van der Waals surface area contributed by atoms with Crippen LogP contribution in [0.1, 0.15) is 5.56 Å². The summed E-state index contributed by atoms with van der Waals surface area (Å²) in [6, 6.07) is 11.3. The van der Waals surface area contributed by atoms with Gasteiger partial charge < -0.3 is 5.32 Å². The third-order valence-electron chi connectivity index (χ3n) is 2.63. The summed E-state index contributed by atoms with van der Waals surface area (Å²) in [5, 5.41) is 13.0. The minimum Gasteiger partial charge on any atom is -0.368 e. The molecule has 6 nitrogen and oxygen atoms in total. The quantitative estimate of drug-likeness (QED) is 0.803. The molecule has 0 aliphatic rings. The van der Waals surface area contributed by atoms with Gasteiger partial charge in [-0.15, -0.1) is 0 Å². The van der Waals surface area contributed by atoms with Crippen LogP contribution in [-0.4, -0.2) is 32.7 Å². The molecule has 2 aromatic rings. The first kappa shape index (κ1) is 14.2. The van der Waals surface area contributed by atoms with Gasteiger partial charge in [-0.3, -0.25) is 0 Å². The van der Waals surface area contributed by atoms with Crippen molar-refractivity contribution in [1.29, 1.82) is 5.26 Å². The Bertz CT molecular complexity index is 766. The van der Waals surface area contributed by atoms with Crippen LogP contribution in [0.15, 0.2) is 30.3 Å². The van der Waals surface area contributed by atoms with Crippen LogP contribution in [-0.2, 0) is 10.0 Å². The van der Waals surface area contributed by atoms with Crippen molar-refractivity contribution in [3.05, 3.63) is 35.9 Å². The van der Waals surface area contributed by atoms with Crippen LogP contribution in [0.4, 0.5) is 5.82 Å². The van der Waals surface area contributed by atoms with Gasteiger partial charge >= 0.3 is 0 Å². The van der Waals surface area contributed by atoms with Gasteiger partial charge in [-0.2, -0.15) is 5.26 Å². The van der Waals surface area contributed by atoms with E-state index in [2.05, 4.69) is 21.1 Å². The van der Waals surface area contributed by atoms with Crippen molar-refractivity contribution in [2.45, 2.75) is 0 Å². The highest BCUT2D eigenvalue weighted by atomic mass is 32.2. The second-order valence-corrected chi connectivity index (χ2v) is 6.12. The molecule has 1 aromatic carbocycles. The minimum absolute atomic E-state index is 0.234. The van der Waals surface area contributed by atoms with Gasteiger partial charge in [0.15, 0.2) is 0 Å². The van der Waals surface area contributed by atoms with Crippen molar-refractivity contribution >= 4 is 26.7 Å². The average Bonchev–Trinajstić information content (AvgIpc) is 2.41. The smallest absolute Gasteiger partial charge is 0.208 e. The van der Waals surface area contributed by atoms with E-state index < -0.39 is 10.0 Å². The van der Waals surface area contributed by atoms with E-state index in [1.807, 2.05) is 24.3 Å². The summed E-state index contributed by atoms with van der Waals surface area (Å²) in [5.74, 6) is 0.460. The molecule has 1 heterocycles. The summed E-state index contributed by atoms with van der Waals surface area (Å²) in [7, 11) is -3.20. The zero-order valence-electron chi connectivity index (χ0n) is 10.9. The fraction of sp³-hybridized carbons (Fsp3) is 0.231. The molecule has 0 aliphatic carbocycles. The number of nitriles is 1. The van der Waals surface area contributed by atoms with E-state index in [9.17, 15) is 8.42 Å². The number of pyridine rings is 1. The van der Waals surface area contributed by atoms with Gasteiger partial charge in [0.2, 0.25) is 10.0 Å². The number of aromatic nitrogens is 1. The van der Waals surface area contributed by atoms with Crippen LogP contribution in [0.3, 0.4) is 0 Å². The SMILES string of the molecule is CS(=O)(=O)NCCNc1nc2ccccc2cc1C#N. The number of fused-ring (bicyclic) bond motifs is 1. The lowest BCUT2D eigenvalue weighted by atomic mass is 10.1. The molecule has 0 fully saturated rings. The van der Waals surface area contributed by atoms with Gasteiger partial charge in [0.25, 0.3) is 0 Å². The Morgan fingerprint density at radius 1 is 1.30 bits per heavy atom. The van der Waals surface area contributed by atoms with E-state index in [4.69, 9.17) is 5.26 Å². The van der Waals surface area contributed by atoms with Crippen molar-refractivity contribution in [1.82, 2.24) is 9.71 Å². The topological polar surface area (TPSA) is 94.9 Å². The lowest BCUT2D eigenvalue weighted by molar-refractivity contribution is 0.589. The maximum atomic E-state index is 10.9. The van der Waals surface area contributed by atoms with Gasteiger partial charge in [0.05, 0.1) is 17.3 Å². The highest BCUT2D eigenvalue weighted by Gasteiger charge is 2.06. The molecule has 0 bridgehead atoms. The van der Waals surface area contributed by atoms with Crippen LogP contribution in [0.2, 0.25) is 0 Å². The van der Waals surface area contributed by atoms with Crippen LogP contribution in [0.25, 0.3) is 10.9 Å². The molecule has 0 saturated carbocycles. The molecule has 0 atom stereocenters. The Morgan fingerprint density at radius 3 is 2.75 bits per heavy atom. The summed E-state index contributed by atoms with van der Waals surface area (Å²) in [4.78, 5) is 4.37. The Hall–Kier alpha value is -2.17. The number of rotatable bonds is 5. The Morgan fingerprint density at radius 2 is 2.05 bits per heavy atom. The summed E-state index contributed by atoms with van der Waals surface area (Å²) in [5.41, 5.74) is 1.22. The van der Waals surface area contributed by atoms with Crippen molar-refractivity contribution in [3.63, 3.8) is 0 Å². The zero-order chi connectivity index (χ0) is 14.6. The maximum Gasteiger partial charge on any atom is 0.208 e. The highest BCUT2D eigenvalue weighted by molar-refractivity contribution is 7.88. The van der Waals surface area contributed by atoms with E-state index in [-0.39, 0.29) is 6.54 Å². The first-order chi connectivity index (χ1) is 9.49. The molecule has 2 N–H and O–H groups in total. The highest BCUT2D eigenvalue weighted by Crippen LogP contribution is 2.19. The summed E-state index contributed by atoms with van der Waals surface area (Å²) >= 11 is 0. The van der Waals surface area contributed by atoms with Crippen LogP contribution in [0, 0.1) is 11.3 Å². The van der Waals surface area contributed by atoms with E-state index in [0.717, 1.165) is 17.2 Å². The fourth-order valence-corrected chi connectivity index (χ4v) is 2.23. The number of nitrogens with one attached hydrogen (secondary N) is 2. The monoisotopic (exact) mass is 290 g/mol. The van der Waals surface area contributed by atoms with Crippen LogP contribution >= 0.6 is 0 Å². The molecule has 1 aromatic heterocycles. The third kappa shape index (κ3) is 3.66. The number of para-hydroxylation sites is 1. The average molecular weight is 290 g/mol. The second kappa shape index (κ2) is 5.86. The summed E-state index contributed by atoms with van der Waals surface area (Å²) in [6.45, 7) is 0.589. The molecule has 104 valence electrons. The molecule has 20 heavy (non-hydrogen) atoms. The Balaban J connectivity index is 2.15. The standard InChI is InChI=1S/C13H14N4O2S/c1-20(18,19)16-7-6-15-13-11(9-14)8-10-4-2-3-5-12(10)17-13/h2-5,8,16H,6-7H2,1H3,(H,15,17). The van der Waals surface area contributed by atoms with Gasteiger partial charge in [-0.1, -0.05) is 18.2 Å².